The number of nitrogens with zero attached hydrogens (tertiary/aromatic N) is 2. The zero-order chi connectivity index (χ0) is 9.84. The van der Waals surface area contributed by atoms with E-state index in [1.54, 1.807) is 0 Å². The maximum Gasteiger partial charge on any atom is 0.220 e. The van der Waals surface area contributed by atoms with Crippen LogP contribution in [0.1, 0.15) is 18.3 Å². The van der Waals surface area contributed by atoms with Gasteiger partial charge >= 0.3 is 0 Å². The fourth-order valence-electron chi connectivity index (χ4n) is 0.857. The highest BCUT2D eigenvalue weighted by atomic mass is 16.3. The Balaban J connectivity index is 2.57. The number of H-pyrrole nitrogens is 1. The molecule has 7 nitrogen and oxygen atoms in total. The Bertz CT molecular complexity index is 273. The Morgan fingerprint density at radius 2 is 2.38 bits per heavy atom. The third kappa shape index (κ3) is 2.49. The minimum Gasteiger partial charge on any atom is -0.389 e. The lowest BCUT2D eigenvalue weighted by Crippen LogP contribution is -2.26. The molecule has 0 aliphatic heterocycles. The van der Waals surface area contributed by atoms with Crippen LogP contribution in [0.25, 0.3) is 0 Å². The van der Waals surface area contributed by atoms with E-state index in [1.807, 2.05) is 0 Å². The van der Waals surface area contributed by atoms with E-state index in [2.05, 4.69) is 15.2 Å². The lowest BCUT2D eigenvalue weighted by atomic mass is 10.1. The third-order valence-corrected chi connectivity index (χ3v) is 1.49. The van der Waals surface area contributed by atoms with Gasteiger partial charge in [-0.1, -0.05) is 0 Å². The third-order valence-electron chi connectivity index (χ3n) is 1.49. The molecular weight excluding hydrogens is 176 g/mol. The average Bonchev–Trinajstić information content (AvgIpc) is 2.53. The SMILES string of the molecule is NC(=O)CC(O)C(O)c1ncn[nH]1. The van der Waals surface area contributed by atoms with Crippen LogP contribution in [0.4, 0.5) is 0 Å². The lowest BCUT2D eigenvalue weighted by Gasteiger charge is -2.12. The number of primary amides is 1. The molecule has 0 aliphatic rings. The van der Waals surface area contributed by atoms with Crippen LogP contribution in [0.3, 0.4) is 0 Å². The second kappa shape index (κ2) is 3.97. The fourth-order valence-corrected chi connectivity index (χ4v) is 0.857. The topological polar surface area (TPSA) is 125 Å². The van der Waals surface area contributed by atoms with Gasteiger partial charge in [-0.15, -0.1) is 0 Å². The molecule has 0 saturated heterocycles. The molecule has 72 valence electrons. The predicted molar refractivity (Wildman–Crippen MR) is 41.2 cm³/mol. The predicted octanol–water partition coefficient (Wildman–Crippen LogP) is -1.93. The van der Waals surface area contributed by atoms with Gasteiger partial charge in [-0.2, -0.15) is 5.10 Å². The van der Waals surface area contributed by atoms with E-state index >= 15 is 0 Å². The molecule has 0 radical (unpaired) electrons. The maximum atomic E-state index is 10.4. The molecule has 0 fully saturated rings. The molecule has 0 saturated carbocycles. The number of nitrogens with one attached hydrogen (secondary N) is 1. The average molecular weight is 186 g/mol. The van der Waals surface area contributed by atoms with Crippen LogP contribution < -0.4 is 5.73 Å². The van der Waals surface area contributed by atoms with Gasteiger partial charge in [0.2, 0.25) is 5.91 Å². The molecule has 0 aromatic carbocycles. The number of aromatic amines is 1. The number of carbonyl (C=O) groups is 1. The molecule has 1 aromatic heterocycles. The van der Waals surface area contributed by atoms with Gasteiger partial charge in [0.05, 0.1) is 12.5 Å². The number of hydrogen-bond donors (Lipinski definition) is 4. The standard InChI is InChI=1S/C6H10N4O3/c7-4(12)1-3(11)5(13)6-8-2-9-10-6/h2-3,5,11,13H,1H2,(H2,7,12)(H,8,9,10). The number of hydrogen-bond acceptors (Lipinski definition) is 5. The number of rotatable bonds is 4. The molecule has 1 rings (SSSR count). The van der Waals surface area contributed by atoms with E-state index in [0.717, 1.165) is 0 Å². The van der Waals surface area contributed by atoms with E-state index in [4.69, 9.17) is 5.73 Å². The molecular formula is C6H10N4O3. The first-order valence-electron chi connectivity index (χ1n) is 3.61. The summed E-state index contributed by atoms with van der Waals surface area (Å²) in [6.45, 7) is 0. The molecule has 5 N–H and O–H groups in total. The van der Waals surface area contributed by atoms with Crippen molar-refractivity contribution in [2.24, 2.45) is 5.73 Å². The molecule has 1 amide bonds. The van der Waals surface area contributed by atoms with Crippen LogP contribution in [0.15, 0.2) is 6.33 Å². The van der Waals surface area contributed by atoms with Crippen LogP contribution in [0.5, 0.6) is 0 Å². The molecule has 0 bridgehead atoms. The Morgan fingerprint density at radius 3 is 2.85 bits per heavy atom. The summed E-state index contributed by atoms with van der Waals surface area (Å²) >= 11 is 0. The van der Waals surface area contributed by atoms with Gasteiger partial charge in [0.15, 0.2) is 5.82 Å². The van der Waals surface area contributed by atoms with E-state index in [-0.39, 0.29) is 12.2 Å². The van der Waals surface area contributed by atoms with Crippen LogP contribution >= 0.6 is 0 Å². The summed E-state index contributed by atoms with van der Waals surface area (Å²) in [7, 11) is 0. The first-order chi connectivity index (χ1) is 6.11. The molecule has 0 aliphatic carbocycles. The molecule has 1 heterocycles. The van der Waals surface area contributed by atoms with Crippen LogP contribution in [-0.2, 0) is 4.79 Å². The Labute approximate surface area is 73.6 Å². The van der Waals surface area contributed by atoms with E-state index in [9.17, 15) is 15.0 Å². The second-order valence-corrected chi connectivity index (χ2v) is 2.55. The summed E-state index contributed by atoms with van der Waals surface area (Å²) in [5.74, 6) is -0.584. The van der Waals surface area contributed by atoms with Gasteiger partial charge in [0.25, 0.3) is 0 Å². The normalized spacial score (nSPS) is 15.2. The highest BCUT2D eigenvalue weighted by Gasteiger charge is 2.22. The molecule has 13 heavy (non-hydrogen) atoms. The molecule has 2 unspecified atom stereocenters. The Morgan fingerprint density at radius 1 is 1.69 bits per heavy atom. The molecule has 1 aromatic rings. The highest BCUT2D eigenvalue weighted by Crippen LogP contribution is 2.13. The van der Waals surface area contributed by atoms with Gasteiger partial charge in [0, 0.05) is 0 Å². The van der Waals surface area contributed by atoms with Crippen LogP contribution in [0, 0.1) is 0 Å². The number of amides is 1. The molecule has 0 spiro atoms. The summed E-state index contributed by atoms with van der Waals surface area (Å²) in [6, 6.07) is 0. The number of carbonyl (C=O) groups excluding carboxylic acids is 1. The first-order valence-corrected chi connectivity index (χ1v) is 3.61. The van der Waals surface area contributed by atoms with Crippen molar-refractivity contribution in [3.05, 3.63) is 12.2 Å². The maximum absolute atomic E-state index is 10.4. The van der Waals surface area contributed by atoms with Crippen molar-refractivity contribution >= 4 is 5.91 Å². The minimum atomic E-state index is -1.27. The summed E-state index contributed by atoms with van der Waals surface area (Å²) < 4.78 is 0. The fraction of sp³-hybridized carbons (Fsp3) is 0.500. The highest BCUT2D eigenvalue weighted by molar-refractivity contribution is 5.74. The van der Waals surface area contributed by atoms with Gasteiger partial charge in [0.1, 0.15) is 12.4 Å². The van der Waals surface area contributed by atoms with Gasteiger partial charge in [-0.05, 0) is 0 Å². The van der Waals surface area contributed by atoms with Crippen molar-refractivity contribution in [3.63, 3.8) is 0 Å². The summed E-state index contributed by atoms with van der Waals surface area (Å²) in [5.41, 5.74) is 4.83. The van der Waals surface area contributed by atoms with Gasteiger partial charge in [-0.3, -0.25) is 9.89 Å². The van der Waals surface area contributed by atoms with E-state index < -0.39 is 18.1 Å². The van der Waals surface area contributed by atoms with Gasteiger partial charge in [-0.25, -0.2) is 4.98 Å². The van der Waals surface area contributed by atoms with E-state index in [0.29, 0.717) is 0 Å². The van der Waals surface area contributed by atoms with E-state index in [1.165, 1.54) is 6.33 Å². The largest absolute Gasteiger partial charge is 0.389 e. The van der Waals surface area contributed by atoms with Crippen LogP contribution in [-0.4, -0.2) is 37.4 Å². The Hall–Kier alpha value is -1.47. The number of aliphatic hydroxyl groups excluding tert-OH is 2. The monoisotopic (exact) mass is 186 g/mol. The summed E-state index contributed by atoms with van der Waals surface area (Å²) in [4.78, 5) is 14.0. The quantitative estimate of drug-likeness (QED) is 0.436. The van der Waals surface area contributed by atoms with Crippen molar-refractivity contribution < 1.29 is 15.0 Å². The zero-order valence-electron chi connectivity index (χ0n) is 6.71. The van der Waals surface area contributed by atoms with Crippen molar-refractivity contribution in [2.45, 2.75) is 18.6 Å². The second-order valence-electron chi connectivity index (χ2n) is 2.55. The molecule has 7 heteroatoms. The number of aromatic nitrogens is 3. The van der Waals surface area contributed by atoms with Crippen molar-refractivity contribution in [2.75, 3.05) is 0 Å². The van der Waals surface area contributed by atoms with Gasteiger partial charge < -0.3 is 15.9 Å². The summed E-state index contributed by atoms with van der Waals surface area (Å²) in [5, 5.41) is 24.4. The van der Waals surface area contributed by atoms with Crippen LogP contribution in [0.2, 0.25) is 0 Å². The Kier molecular flexibility index (Phi) is 2.93. The number of nitrogens with two attached hydrogens (primary N) is 1. The smallest absolute Gasteiger partial charge is 0.220 e. The summed E-state index contributed by atoms with van der Waals surface area (Å²) in [6.07, 6.45) is -1.65. The lowest BCUT2D eigenvalue weighted by molar-refractivity contribution is -0.121. The zero-order valence-corrected chi connectivity index (χ0v) is 6.71. The van der Waals surface area contributed by atoms with Crippen molar-refractivity contribution in [1.82, 2.24) is 15.2 Å². The van der Waals surface area contributed by atoms with Crippen molar-refractivity contribution in [3.8, 4) is 0 Å². The molecule has 2 atom stereocenters. The van der Waals surface area contributed by atoms with Crippen molar-refractivity contribution in [1.29, 1.82) is 0 Å². The number of aliphatic hydroxyl groups is 2. The minimum absolute atomic E-state index is 0.105. The first kappa shape index (κ1) is 9.62.